The molecule has 0 bridgehead atoms. The number of ether oxygens (including phenoxy) is 1. The Morgan fingerprint density at radius 2 is 2.24 bits per heavy atom. The normalized spacial score (nSPS) is 31.0. The highest BCUT2D eigenvalue weighted by atomic mass is 16.5. The van der Waals surface area contributed by atoms with Crippen LogP contribution in [0.2, 0.25) is 0 Å². The molecule has 2 rings (SSSR count). The highest BCUT2D eigenvalue weighted by molar-refractivity contribution is 5.79. The molecular formula is C13H24N2O2. The average molecular weight is 240 g/mol. The van der Waals surface area contributed by atoms with Crippen LogP contribution in [-0.4, -0.2) is 49.2 Å². The lowest BCUT2D eigenvalue weighted by atomic mass is 9.85. The van der Waals surface area contributed by atoms with Gasteiger partial charge < -0.3 is 15.0 Å². The van der Waals surface area contributed by atoms with Crippen molar-refractivity contribution in [3.63, 3.8) is 0 Å². The molecule has 0 aromatic carbocycles. The Balaban J connectivity index is 2.18. The van der Waals surface area contributed by atoms with E-state index in [1.54, 1.807) is 0 Å². The second-order valence-electron chi connectivity index (χ2n) is 6.54. The Bertz CT molecular complexity index is 285. The molecule has 0 aliphatic carbocycles. The third kappa shape index (κ3) is 2.80. The van der Waals surface area contributed by atoms with E-state index in [2.05, 4.69) is 31.0 Å². The molecule has 4 heteroatoms. The molecule has 0 saturated carbocycles. The molecule has 1 atom stereocenters. The largest absolute Gasteiger partial charge is 0.369 e. The molecule has 2 fully saturated rings. The number of nitrogens with one attached hydrogen (secondary N) is 1. The van der Waals surface area contributed by atoms with Gasteiger partial charge in [0.05, 0.1) is 12.1 Å². The Morgan fingerprint density at radius 3 is 2.82 bits per heavy atom. The fourth-order valence-corrected chi connectivity index (χ4v) is 2.78. The molecule has 2 heterocycles. The van der Waals surface area contributed by atoms with E-state index in [9.17, 15) is 4.79 Å². The van der Waals surface area contributed by atoms with Gasteiger partial charge in [-0.2, -0.15) is 0 Å². The van der Waals surface area contributed by atoms with Crippen molar-refractivity contribution in [2.24, 2.45) is 5.41 Å². The van der Waals surface area contributed by atoms with Crippen molar-refractivity contribution in [1.82, 2.24) is 10.2 Å². The van der Waals surface area contributed by atoms with E-state index in [1.807, 2.05) is 0 Å². The van der Waals surface area contributed by atoms with Crippen LogP contribution in [0.1, 0.15) is 33.6 Å². The fourth-order valence-electron chi connectivity index (χ4n) is 2.78. The first-order valence-electron chi connectivity index (χ1n) is 6.52. The van der Waals surface area contributed by atoms with Crippen LogP contribution >= 0.6 is 0 Å². The second-order valence-corrected chi connectivity index (χ2v) is 6.54. The molecule has 0 aromatic rings. The van der Waals surface area contributed by atoms with Gasteiger partial charge in [0, 0.05) is 13.1 Å². The average Bonchev–Trinajstić information content (AvgIpc) is 2.24. The smallest absolute Gasteiger partial charge is 0.249 e. The SMILES string of the molecule is CC(C)(C)CN1C(=O)COCC12CCCNC2. The lowest BCUT2D eigenvalue weighted by Gasteiger charge is -2.50. The van der Waals surface area contributed by atoms with Gasteiger partial charge in [-0.3, -0.25) is 4.79 Å². The van der Waals surface area contributed by atoms with Crippen LogP contribution in [0.3, 0.4) is 0 Å². The summed E-state index contributed by atoms with van der Waals surface area (Å²) in [5.41, 5.74) is 0.0400. The molecule has 1 N–H and O–H groups in total. The quantitative estimate of drug-likeness (QED) is 0.744. The summed E-state index contributed by atoms with van der Waals surface area (Å²) < 4.78 is 5.49. The molecule has 1 amide bonds. The first-order chi connectivity index (χ1) is 7.93. The van der Waals surface area contributed by atoms with Gasteiger partial charge in [-0.15, -0.1) is 0 Å². The van der Waals surface area contributed by atoms with Gasteiger partial charge in [0.15, 0.2) is 0 Å². The maximum atomic E-state index is 12.1. The van der Waals surface area contributed by atoms with Crippen molar-refractivity contribution >= 4 is 5.91 Å². The van der Waals surface area contributed by atoms with Crippen LogP contribution < -0.4 is 5.32 Å². The molecule has 2 saturated heterocycles. The van der Waals surface area contributed by atoms with E-state index in [1.165, 1.54) is 0 Å². The standard InChI is InChI=1S/C13H24N2O2/c1-12(2,3)9-15-11(16)7-17-10-13(15)5-4-6-14-8-13/h14H,4-10H2,1-3H3. The van der Waals surface area contributed by atoms with Gasteiger partial charge in [0.2, 0.25) is 5.91 Å². The number of piperidine rings is 1. The van der Waals surface area contributed by atoms with Crippen LogP contribution in [0.4, 0.5) is 0 Å². The van der Waals surface area contributed by atoms with Crippen LogP contribution in [-0.2, 0) is 9.53 Å². The van der Waals surface area contributed by atoms with E-state index < -0.39 is 0 Å². The number of hydrogen-bond donors (Lipinski definition) is 1. The van der Waals surface area contributed by atoms with Crippen molar-refractivity contribution < 1.29 is 9.53 Å². The third-order valence-corrected chi connectivity index (χ3v) is 3.55. The van der Waals surface area contributed by atoms with Crippen LogP contribution in [0.25, 0.3) is 0 Å². The maximum Gasteiger partial charge on any atom is 0.249 e. The number of rotatable bonds is 1. The summed E-state index contributed by atoms with van der Waals surface area (Å²) in [6.45, 7) is 10.2. The fraction of sp³-hybridized carbons (Fsp3) is 0.923. The summed E-state index contributed by atoms with van der Waals surface area (Å²) in [5, 5.41) is 3.41. The maximum absolute atomic E-state index is 12.1. The highest BCUT2D eigenvalue weighted by Crippen LogP contribution is 2.31. The Labute approximate surface area is 104 Å². The minimum absolute atomic E-state index is 0.0964. The van der Waals surface area contributed by atoms with Gasteiger partial charge in [-0.1, -0.05) is 20.8 Å². The summed E-state index contributed by atoms with van der Waals surface area (Å²) >= 11 is 0. The Morgan fingerprint density at radius 1 is 1.47 bits per heavy atom. The number of carbonyl (C=O) groups excluding carboxylic acids is 1. The van der Waals surface area contributed by atoms with E-state index >= 15 is 0 Å². The summed E-state index contributed by atoms with van der Waals surface area (Å²) in [7, 11) is 0. The molecule has 1 spiro atoms. The minimum Gasteiger partial charge on any atom is -0.369 e. The van der Waals surface area contributed by atoms with Crippen molar-refractivity contribution in [1.29, 1.82) is 0 Å². The summed E-state index contributed by atoms with van der Waals surface area (Å²) in [4.78, 5) is 14.2. The number of nitrogens with zero attached hydrogens (tertiary/aromatic N) is 1. The zero-order valence-corrected chi connectivity index (χ0v) is 11.2. The van der Waals surface area contributed by atoms with Gasteiger partial charge in [-0.05, 0) is 24.8 Å². The summed E-state index contributed by atoms with van der Waals surface area (Å²) in [5.74, 6) is 0.148. The van der Waals surface area contributed by atoms with Crippen molar-refractivity contribution in [2.75, 3.05) is 32.8 Å². The first kappa shape index (κ1) is 12.8. The minimum atomic E-state index is -0.0964. The molecule has 1 unspecified atom stereocenters. The predicted molar refractivity (Wildman–Crippen MR) is 66.8 cm³/mol. The topological polar surface area (TPSA) is 41.6 Å². The van der Waals surface area contributed by atoms with Crippen molar-refractivity contribution in [3.05, 3.63) is 0 Å². The lowest BCUT2D eigenvalue weighted by molar-refractivity contribution is -0.162. The number of amides is 1. The van der Waals surface area contributed by atoms with Gasteiger partial charge in [0.25, 0.3) is 0 Å². The van der Waals surface area contributed by atoms with E-state index in [-0.39, 0.29) is 23.5 Å². The molecule has 0 aromatic heterocycles. The number of carbonyl (C=O) groups is 1. The zero-order chi connectivity index (χ0) is 12.5. The molecule has 2 aliphatic rings. The van der Waals surface area contributed by atoms with Crippen molar-refractivity contribution in [2.45, 2.75) is 39.2 Å². The first-order valence-corrected chi connectivity index (χ1v) is 6.52. The molecule has 98 valence electrons. The second kappa shape index (κ2) is 4.58. The van der Waals surface area contributed by atoms with E-state index in [0.29, 0.717) is 6.61 Å². The van der Waals surface area contributed by atoms with E-state index in [4.69, 9.17) is 4.74 Å². The van der Waals surface area contributed by atoms with Crippen LogP contribution in [0, 0.1) is 5.41 Å². The van der Waals surface area contributed by atoms with Gasteiger partial charge in [0.1, 0.15) is 6.61 Å². The van der Waals surface area contributed by atoms with Gasteiger partial charge in [-0.25, -0.2) is 0 Å². The number of morpholine rings is 1. The van der Waals surface area contributed by atoms with Crippen LogP contribution in [0.5, 0.6) is 0 Å². The monoisotopic (exact) mass is 240 g/mol. The molecule has 0 radical (unpaired) electrons. The predicted octanol–water partition coefficient (Wildman–Crippen LogP) is 1.01. The molecule has 2 aliphatic heterocycles. The van der Waals surface area contributed by atoms with Gasteiger partial charge >= 0.3 is 0 Å². The zero-order valence-electron chi connectivity index (χ0n) is 11.2. The lowest BCUT2D eigenvalue weighted by Crippen LogP contribution is -2.66. The number of hydrogen-bond acceptors (Lipinski definition) is 3. The van der Waals surface area contributed by atoms with Crippen molar-refractivity contribution in [3.8, 4) is 0 Å². The van der Waals surface area contributed by atoms with E-state index in [0.717, 1.165) is 32.5 Å². The highest BCUT2D eigenvalue weighted by Gasteiger charge is 2.45. The third-order valence-electron chi connectivity index (χ3n) is 3.55. The van der Waals surface area contributed by atoms with Crippen LogP contribution in [0.15, 0.2) is 0 Å². The Hall–Kier alpha value is -0.610. The summed E-state index contributed by atoms with van der Waals surface area (Å²) in [6.07, 6.45) is 2.18. The molecule has 4 nitrogen and oxygen atoms in total. The molecular weight excluding hydrogens is 216 g/mol. The Kier molecular flexibility index (Phi) is 3.46. The molecule has 17 heavy (non-hydrogen) atoms. The summed E-state index contributed by atoms with van der Waals surface area (Å²) in [6, 6.07) is 0.